The summed E-state index contributed by atoms with van der Waals surface area (Å²) in [6.45, 7) is 5.33. The minimum Gasteiger partial charge on any atom is -0.409 e. The summed E-state index contributed by atoms with van der Waals surface area (Å²) in [6.07, 6.45) is 3.89. The van der Waals surface area contributed by atoms with E-state index in [4.69, 9.17) is 10.9 Å². The van der Waals surface area contributed by atoms with Crippen LogP contribution in [0.4, 0.5) is 5.82 Å². The fourth-order valence-electron chi connectivity index (χ4n) is 2.42. The van der Waals surface area contributed by atoms with Crippen molar-refractivity contribution in [3.63, 3.8) is 0 Å². The third-order valence-electron chi connectivity index (χ3n) is 3.73. The number of hydrogen-bond donors (Lipinski definition) is 2. The first-order valence-corrected chi connectivity index (χ1v) is 6.21. The number of anilines is 1. The highest BCUT2D eigenvalue weighted by Crippen LogP contribution is 2.28. The number of nitrogens with zero attached hydrogens (tertiary/aromatic N) is 4. The van der Waals surface area contributed by atoms with Gasteiger partial charge in [0.15, 0.2) is 11.7 Å². The lowest BCUT2D eigenvalue weighted by Gasteiger charge is -2.39. The normalized spacial score (nSPS) is 25.2. The molecule has 3 N–H and O–H groups in total. The van der Waals surface area contributed by atoms with E-state index in [0.717, 1.165) is 13.0 Å². The Morgan fingerprint density at radius 2 is 2.33 bits per heavy atom. The number of hydrogen-bond acceptors (Lipinski definition) is 5. The van der Waals surface area contributed by atoms with Crippen LogP contribution in [0.3, 0.4) is 0 Å². The molecule has 0 radical (unpaired) electrons. The molecule has 1 aliphatic rings. The molecule has 6 nitrogen and oxygen atoms in total. The number of aromatic nitrogens is 2. The van der Waals surface area contributed by atoms with Crippen LogP contribution in [0.1, 0.15) is 32.3 Å². The number of nitrogens with two attached hydrogens (primary N) is 1. The molecule has 2 rings (SSSR count). The van der Waals surface area contributed by atoms with Gasteiger partial charge in [0.1, 0.15) is 0 Å². The quantitative estimate of drug-likeness (QED) is 0.356. The number of piperidine rings is 1. The Hall–Kier alpha value is -1.85. The summed E-state index contributed by atoms with van der Waals surface area (Å²) < 4.78 is 0. The lowest BCUT2D eigenvalue weighted by Crippen LogP contribution is -2.44. The van der Waals surface area contributed by atoms with Gasteiger partial charge in [0, 0.05) is 12.6 Å². The van der Waals surface area contributed by atoms with Crippen LogP contribution in [0.25, 0.3) is 0 Å². The standard InChI is InChI=1S/C12H19N5O/c1-8-4-3-7-17(9(8)2)12-10(11(13)16-18)5-6-14-15-12/h5-6,8-9,18H,3-4,7H2,1-2H3,(H2,13,16). The number of rotatable bonds is 2. The molecule has 98 valence electrons. The fraction of sp³-hybridized carbons (Fsp3) is 0.583. The highest BCUT2D eigenvalue weighted by atomic mass is 16.4. The Labute approximate surface area is 106 Å². The van der Waals surface area contributed by atoms with Crippen molar-refractivity contribution < 1.29 is 5.21 Å². The summed E-state index contributed by atoms with van der Waals surface area (Å²) in [5.74, 6) is 1.37. The summed E-state index contributed by atoms with van der Waals surface area (Å²) in [4.78, 5) is 2.19. The van der Waals surface area contributed by atoms with E-state index < -0.39 is 0 Å². The van der Waals surface area contributed by atoms with Crippen LogP contribution in [0.5, 0.6) is 0 Å². The molecule has 18 heavy (non-hydrogen) atoms. The first-order valence-electron chi connectivity index (χ1n) is 6.21. The molecule has 1 aromatic rings. The summed E-state index contributed by atoms with van der Waals surface area (Å²) in [6, 6.07) is 2.10. The first-order chi connectivity index (χ1) is 8.65. The van der Waals surface area contributed by atoms with Gasteiger partial charge in [-0.1, -0.05) is 12.1 Å². The molecule has 0 aliphatic carbocycles. The van der Waals surface area contributed by atoms with Gasteiger partial charge in [0.2, 0.25) is 0 Å². The Morgan fingerprint density at radius 3 is 3.06 bits per heavy atom. The summed E-state index contributed by atoms with van der Waals surface area (Å²) in [7, 11) is 0. The first kappa shape index (κ1) is 12.6. The van der Waals surface area contributed by atoms with E-state index in [0.29, 0.717) is 23.3 Å². The molecule has 1 aliphatic heterocycles. The van der Waals surface area contributed by atoms with E-state index in [1.165, 1.54) is 6.42 Å². The Morgan fingerprint density at radius 1 is 1.56 bits per heavy atom. The van der Waals surface area contributed by atoms with Gasteiger partial charge >= 0.3 is 0 Å². The molecule has 1 aromatic heterocycles. The van der Waals surface area contributed by atoms with Crippen molar-refractivity contribution in [2.24, 2.45) is 16.8 Å². The van der Waals surface area contributed by atoms with Crippen molar-refractivity contribution in [1.29, 1.82) is 0 Å². The van der Waals surface area contributed by atoms with E-state index in [2.05, 4.69) is 34.1 Å². The monoisotopic (exact) mass is 249 g/mol. The zero-order valence-electron chi connectivity index (χ0n) is 10.7. The predicted molar refractivity (Wildman–Crippen MR) is 69.7 cm³/mol. The summed E-state index contributed by atoms with van der Waals surface area (Å²) >= 11 is 0. The number of amidine groups is 1. The molecule has 0 aromatic carbocycles. The highest BCUT2D eigenvalue weighted by Gasteiger charge is 2.28. The van der Waals surface area contributed by atoms with E-state index in [1.807, 2.05) is 0 Å². The Bertz CT molecular complexity index is 448. The second kappa shape index (κ2) is 5.20. The van der Waals surface area contributed by atoms with Gasteiger partial charge < -0.3 is 15.8 Å². The Balaban J connectivity index is 2.38. The third-order valence-corrected chi connectivity index (χ3v) is 3.73. The molecule has 1 fully saturated rings. The smallest absolute Gasteiger partial charge is 0.173 e. The maximum absolute atomic E-state index is 8.83. The average Bonchev–Trinajstić information content (AvgIpc) is 2.41. The second-order valence-corrected chi connectivity index (χ2v) is 4.81. The van der Waals surface area contributed by atoms with Crippen LogP contribution < -0.4 is 10.6 Å². The van der Waals surface area contributed by atoms with Crippen molar-refractivity contribution >= 4 is 11.7 Å². The third kappa shape index (κ3) is 2.23. The van der Waals surface area contributed by atoms with Crippen molar-refractivity contribution in [3.05, 3.63) is 17.8 Å². The van der Waals surface area contributed by atoms with Gasteiger partial charge in [-0.2, -0.15) is 5.10 Å². The molecule has 0 amide bonds. The van der Waals surface area contributed by atoms with Crippen LogP contribution in [0, 0.1) is 5.92 Å². The zero-order chi connectivity index (χ0) is 13.1. The SMILES string of the molecule is CC1CCCN(c2nnccc2/C(N)=N/O)C1C. The zero-order valence-corrected chi connectivity index (χ0v) is 10.7. The molecule has 0 bridgehead atoms. The molecule has 2 heterocycles. The summed E-state index contributed by atoms with van der Waals surface area (Å²) in [5.41, 5.74) is 6.32. The van der Waals surface area contributed by atoms with Crippen LogP contribution in [0.15, 0.2) is 17.4 Å². The highest BCUT2D eigenvalue weighted by molar-refractivity contribution is 6.01. The maximum atomic E-state index is 8.83. The number of oxime groups is 1. The van der Waals surface area contributed by atoms with Gasteiger partial charge in [0.05, 0.1) is 11.8 Å². The Kier molecular flexibility index (Phi) is 3.64. The molecular formula is C12H19N5O. The van der Waals surface area contributed by atoms with Crippen LogP contribution in [-0.4, -0.2) is 33.8 Å². The van der Waals surface area contributed by atoms with Crippen molar-refractivity contribution in [2.75, 3.05) is 11.4 Å². The van der Waals surface area contributed by atoms with Gasteiger partial charge in [0.25, 0.3) is 0 Å². The fourth-order valence-corrected chi connectivity index (χ4v) is 2.42. The minimum absolute atomic E-state index is 0.0744. The molecule has 2 atom stereocenters. The molecular weight excluding hydrogens is 230 g/mol. The minimum atomic E-state index is 0.0744. The van der Waals surface area contributed by atoms with Gasteiger partial charge in [-0.3, -0.25) is 0 Å². The molecule has 0 spiro atoms. The topological polar surface area (TPSA) is 87.6 Å². The van der Waals surface area contributed by atoms with E-state index in [1.54, 1.807) is 12.3 Å². The lowest BCUT2D eigenvalue weighted by molar-refractivity contribution is 0.318. The second-order valence-electron chi connectivity index (χ2n) is 4.81. The van der Waals surface area contributed by atoms with E-state index in [-0.39, 0.29) is 5.84 Å². The van der Waals surface area contributed by atoms with Crippen molar-refractivity contribution in [3.8, 4) is 0 Å². The van der Waals surface area contributed by atoms with Crippen LogP contribution >= 0.6 is 0 Å². The lowest BCUT2D eigenvalue weighted by atomic mass is 9.92. The molecule has 1 saturated heterocycles. The molecule has 2 unspecified atom stereocenters. The molecule has 6 heteroatoms. The molecule has 0 saturated carbocycles. The summed E-state index contributed by atoms with van der Waals surface area (Å²) in [5, 5.41) is 20.0. The van der Waals surface area contributed by atoms with E-state index >= 15 is 0 Å². The maximum Gasteiger partial charge on any atom is 0.173 e. The van der Waals surface area contributed by atoms with Gasteiger partial charge in [-0.25, -0.2) is 0 Å². The van der Waals surface area contributed by atoms with Crippen molar-refractivity contribution in [1.82, 2.24) is 10.2 Å². The average molecular weight is 249 g/mol. The largest absolute Gasteiger partial charge is 0.409 e. The van der Waals surface area contributed by atoms with Crippen LogP contribution in [-0.2, 0) is 0 Å². The van der Waals surface area contributed by atoms with Gasteiger partial charge in [-0.05, 0) is 31.7 Å². The van der Waals surface area contributed by atoms with Crippen molar-refractivity contribution in [2.45, 2.75) is 32.7 Å². The van der Waals surface area contributed by atoms with Crippen LogP contribution in [0.2, 0.25) is 0 Å². The predicted octanol–water partition coefficient (Wildman–Crippen LogP) is 1.20. The van der Waals surface area contributed by atoms with E-state index in [9.17, 15) is 0 Å². The van der Waals surface area contributed by atoms with Gasteiger partial charge in [-0.15, -0.1) is 5.10 Å².